The van der Waals surface area contributed by atoms with Crippen LogP contribution in [0.25, 0.3) is 0 Å². The number of ether oxygens (including phenoxy) is 1. The zero-order valence-corrected chi connectivity index (χ0v) is 12.5. The average molecular weight is 254 g/mol. The Morgan fingerprint density at radius 3 is 2.28 bits per heavy atom. The van der Waals surface area contributed by atoms with Crippen LogP contribution in [0, 0.1) is 22.7 Å². The highest BCUT2D eigenvalue weighted by Gasteiger charge is 2.25. The number of hydrogen-bond donors (Lipinski definition) is 2. The highest BCUT2D eigenvalue weighted by molar-refractivity contribution is 5.82. The maximum atomic E-state index is 7.52. The molecule has 3 heteroatoms. The van der Waals surface area contributed by atoms with Crippen molar-refractivity contribution in [3.05, 3.63) is 0 Å². The van der Waals surface area contributed by atoms with Crippen LogP contribution in [0.5, 0.6) is 0 Å². The van der Waals surface area contributed by atoms with Gasteiger partial charge in [-0.3, -0.25) is 5.41 Å². The lowest BCUT2D eigenvalue weighted by atomic mass is 9.82. The lowest BCUT2D eigenvalue weighted by Crippen LogP contribution is -2.31. The Balaban J connectivity index is 2.20. The zero-order valence-electron chi connectivity index (χ0n) is 12.5. The van der Waals surface area contributed by atoms with Crippen molar-refractivity contribution in [1.82, 2.24) is 0 Å². The summed E-state index contributed by atoms with van der Waals surface area (Å²) in [6.45, 7) is 9.51. The van der Waals surface area contributed by atoms with Crippen LogP contribution in [0.2, 0.25) is 0 Å². The van der Waals surface area contributed by atoms with E-state index in [1.54, 1.807) is 0 Å². The third-order valence-electron chi connectivity index (χ3n) is 4.16. The van der Waals surface area contributed by atoms with Crippen LogP contribution in [-0.2, 0) is 4.74 Å². The summed E-state index contributed by atoms with van der Waals surface area (Å²) in [7, 11) is 0. The standard InChI is InChI=1S/C15H30N2O/c1-11-8-12(2)10-13(9-11)18-7-5-6-15(3,4)14(16)17/h11-13H,5-10H2,1-4H3,(H3,16,17). The molecule has 0 bridgehead atoms. The summed E-state index contributed by atoms with van der Waals surface area (Å²) in [6, 6.07) is 0. The minimum Gasteiger partial charge on any atom is -0.387 e. The number of nitrogens with one attached hydrogen (secondary N) is 1. The Morgan fingerprint density at radius 2 is 1.78 bits per heavy atom. The van der Waals surface area contributed by atoms with Gasteiger partial charge >= 0.3 is 0 Å². The van der Waals surface area contributed by atoms with E-state index in [1.165, 1.54) is 19.3 Å². The molecule has 3 N–H and O–H groups in total. The van der Waals surface area contributed by atoms with Gasteiger partial charge in [0.05, 0.1) is 11.9 Å². The van der Waals surface area contributed by atoms with Gasteiger partial charge in [0.2, 0.25) is 0 Å². The van der Waals surface area contributed by atoms with E-state index in [9.17, 15) is 0 Å². The van der Waals surface area contributed by atoms with Gasteiger partial charge in [0, 0.05) is 12.0 Å². The van der Waals surface area contributed by atoms with Crippen molar-refractivity contribution in [3.63, 3.8) is 0 Å². The van der Waals surface area contributed by atoms with Gasteiger partial charge in [-0.25, -0.2) is 0 Å². The molecule has 1 saturated carbocycles. The third-order valence-corrected chi connectivity index (χ3v) is 4.16. The van der Waals surface area contributed by atoms with Crippen LogP contribution in [-0.4, -0.2) is 18.5 Å². The summed E-state index contributed by atoms with van der Waals surface area (Å²) in [5.41, 5.74) is 5.39. The lowest BCUT2D eigenvalue weighted by molar-refractivity contribution is -0.00198. The molecule has 18 heavy (non-hydrogen) atoms. The smallest absolute Gasteiger partial charge is 0.0963 e. The molecule has 0 saturated heterocycles. The van der Waals surface area contributed by atoms with E-state index >= 15 is 0 Å². The maximum absolute atomic E-state index is 7.52. The predicted octanol–water partition coefficient (Wildman–Crippen LogP) is 3.57. The van der Waals surface area contributed by atoms with Crippen LogP contribution in [0.3, 0.4) is 0 Å². The van der Waals surface area contributed by atoms with Crippen LogP contribution in [0.1, 0.15) is 59.8 Å². The van der Waals surface area contributed by atoms with E-state index in [1.807, 2.05) is 13.8 Å². The Hall–Kier alpha value is -0.570. The van der Waals surface area contributed by atoms with Crippen molar-refractivity contribution >= 4 is 5.84 Å². The van der Waals surface area contributed by atoms with E-state index in [2.05, 4.69) is 13.8 Å². The quantitative estimate of drug-likeness (QED) is 0.432. The van der Waals surface area contributed by atoms with Crippen molar-refractivity contribution in [2.75, 3.05) is 6.61 Å². The second kappa shape index (κ2) is 6.55. The first kappa shape index (κ1) is 15.5. The molecule has 0 spiro atoms. The molecule has 106 valence electrons. The van der Waals surface area contributed by atoms with Gasteiger partial charge in [-0.05, 0) is 43.9 Å². The fourth-order valence-corrected chi connectivity index (χ4v) is 2.91. The van der Waals surface area contributed by atoms with Crippen LogP contribution < -0.4 is 5.73 Å². The lowest BCUT2D eigenvalue weighted by Gasteiger charge is -2.31. The van der Waals surface area contributed by atoms with Crippen LogP contribution >= 0.6 is 0 Å². The van der Waals surface area contributed by atoms with Gasteiger partial charge in [-0.2, -0.15) is 0 Å². The minimum absolute atomic E-state index is 0.184. The van der Waals surface area contributed by atoms with Gasteiger partial charge in [-0.1, -0.05) is 27.7 Å². The second-order valence-corrected chi connectivity index (χ2v) is 6.81. The molecule has 1 aliphatic rings. The van der Waals surface area contributed by atoms with Gasteiger partial charge < -0.3 is 10.5 Å². The molecule has 0 amide bonds. The summed E-state index contributed by atoms with van der Waals surface area (Å²) in [4.78, 5) is 0. The summed E-state index contributed by atoms with van der Waals surface area (Å²) >= 11 is 0. The summed E-state index contributed by atoms with van der Waals surface area (Å²) in [6.07, 6.45) is 6.13. The molecule has 0 heterocycles. The fraction of sp³-hybridized carbons (Fsp3) is 0.933. The first-order valence-electron chi connectivity index (χ1n) is 7.27. The Kier molecular flexibility index (Phi) is 5.64. The molecular formula is C15H30N2O. The number of nitrogens with two attached hydrogens (primary N) is 1. The Labute approximate surface area is 112 Å². The largest absolute Gasteiger partial charge is 0.387 e. The highest BCUT2D eigenvalue weighted by atomic mass is 16.5. The molecule has 0 aromatic heterocycles. The van der Waals surface area contributed by atoms with E-state index in [-0.39, 0.29) is 11.3 Å². The first-order valence-corrected chi connectivity index (χ1v) is 7.27. The van der Waals surface area contributed by atoms with Gasteiger partial charge in [-0.15, -0.1) is 0 Å². The highest BCUT2D eigenvalue weighted by Crippen LogP contribution is 2.30. The second-order valence-electron chi connectivity index (χ2n) is 6.81. The van der Waals surface area contributed by atoms with Gasteiger partial charge in [0.1, 0.15) is 0 Å². The molecule has 1 aliphatic carbocycles. The van der Waals surface area contributed by atoms with Crippen LogP contribution in [0.4, 0.5) is 0 Å². The number of rotatable bonds is 6. The van der Waals surface area contributed by atoms with E-state index in [4.69, 9.17) is 15.9 Å². The summed E-state index contributed by atoms with van der Waals surface area (Å²) in [5.74, 6) is 1.88. The van der Waals surface area contributed by atoms with Crippen molar-refractivity contribution in [2.24, 2.45) is 23.0 Å². The van der Waals surface area contributed by atoms with Gasteiger partial charge in [0.25, 0.3) is 0 Å². The molecule has 1 fully saturated rings. The molecule has 0 aromatic rings. The molecule has 2 atom stereocenters. The Bertz CT molecular complexity index is 266. The molecule has 0 aromatic carbocycles. The van der Waals surface area contributed by atoms with Crippen molar-refractivity contribution in [1.29, 1.82) is 5.41 Å². The van der Waals surface area contributed by atoms with Crippen molar-refractivity contribution in [3.8, 4) is 0 Å². The third kappa shape index (κ3) is 4.97. The van der Waals surface area contributed by atoms with E-state index in [0.29, 0.717) is 6.10 Å². The van der Waals surface area contributed by atoms with Gasteiger partial charge in [0.15, 0.2) is 0 Å². The van der Waals surface area contributed by atoms with E-state index in [0.717, 1.165) is 31.3 Å². The number of hydrogen-bond acceptors (Lipinski definition) is 2. The average Bonchev–Trinajstić information content (AvgIpc) is 2.23. The maximum Gasteiger partial charge on any atom is 0.0963 e. The van der Waals surface area contributed by atoms with E-state index < -0.39 is 0 Å². The SMILES string of the molecule is CC1CC(C)CC(OCCCC(C)(C)C(=N)N)C1. The molecule has 0 aliphatic heterocycles. The fourth-order valence-electron chi connectivity index (χ4n) is 2.91. The van der Waals surface area contributed by atoms with Crippen molar-refractivity contribution in [2.45, 2.75) is 65.9 Å². The first-order chi connectivity index (χ1) is 8.31. The number of amidine groups is 1. The summed E-state index contributed by atoms with van der Waals surface area (Å²) < 4.78 is 5.99. The molecule has 2 unspecified atom stereocenters. The van der Waals surface area contributed by atoms with Crippen molar-refractivity contribution < 1.29 is 4.74 Å². The molecule has 3 nitrogen and oxygen atoms in total. The minimum atomic E-state index is -0.184. The zero-order chi connectivity index (χ0) is 13.8. The Morgan fingerprint density at radius 1 is 1.22 bits per heavy atom. The monoisotopic (exact) mass is 254 g/mol. The molecule has 1 rings (SSSR count). The summed E-state index contributed by atoms with van der Waals surface area (Å²) in [5, 5.41) is 7.52. The van der Waals surface area contributed by atoms with Crippen LogP contribution in [0.15, 0.2) is 0 Å². The normalized spacial score (nSPS) is 29.2. The molecular weight excluding hydrogens is 224 g/mol. The topological polar surface area (TPSA) is 59.1 Å². The molecule has 0 radical (unpaired) electrons. The predicted molar refractivity (Wildman–Crippen MR) is 76.8 cm³/mol.